The van der Waals surface area contributed by atoms with Crippen molar-refractivity contribution in [2.24, 2.45) is 0 Å². The number of carbonyl (C=O) groups excluding carboxylic acids is 1. The predicted molar refractivity (Wildman–Crippen MR) is 88.5 cm³/mol. The number of nitrogens with zero attached hydrogens (tertiary/aromatic N) is 2. The molecule has 0 atom stereocenters. The first-order valence-corrected chi connectivity index (χ1v) is 7.33. The van der Waals surface area contributed by atoms with E-state index in [4.69, 9.17) is 16.1 Å². The summed E-state index contributed by atoms with van der Waals surface area (Å²) in [4.78, 5) is 16.1. The number of halogens is 2. The van der Waals surface area contributed by atoms with Crippen LogP contribution in [0.25, 0.3) is 11.4 Å². The Morgan fingerprint density at radius 2 is 2.04 bits per heavy atom. The number of amides is 2. The SMILES string of the molecule is Cc1nc(-c2cccc(NC(=O)Nc3ccc(Cl)cc3F)c2)no1. The summed E-state index contributed by atoms with van der Waals surface area (Å²) in [5, 5.41) is 9.10. The Morgan fingerprint density at radius 3 is 2.75 bits per heavy atom. The molecule has 3 aromatic rings. The highest BCUT2D eigenvalue weighted by molar-refractivity contribution is 6.30. The molecule has 24 heavy (non-hydrogen) atoms. The summed E-state index contributed by atoms with van der Waals surface area (Å²) >= 11 is 5.67. The molecule has 0 unspecified atom stereocenters. The number of aromatic nitrogens is 2. The van der Waals surface area contributed by atoms with Gasteiger partial charge in [0.15, 0.2) is 0 Å². The van der Waals surface area contributed by atoms with Crippen LogP contribution in [0.4, 0.5) is 20.6 Å². The Kier molecular flexibility index (Phi) is 4.43. The van der Waals surface area contributed by atoms with Gasteiger partial charge in [0.1, 0.15) is 5.82 Å². The Bertz CT molecular complexity index is 897. The van der Waals surface area contributed by atoms with Gasteiger partial charge in [0, 0.05) is 23.2 Å². The highest BCUT2D eigenvalue weighted by atomic mass is 35.5. The Morgan fingerprint density at radius 1 is 1.21 bits per heavy atom. The minimum Gasteiger partial charge on any atom is -0.339 e. The molecule has 0 saturated carbocycles. The monoisotopic (exact) mass is 346 g/mol. The van der Waals surface area contributed by atoms with Crippen molar-refractivity contribution in [1.29, 1.82) is 0 Å². The number of hydrogen-bond acceptors (Lipinski definition) is 4. The smallest absolute Gasteiger partial charge is 0.323 e. The van der Waals surface area contributed by atoms with E-state index in [0.717, 1.165) is 6.07 Å². The maximum absolute atomic E-state index is 13.7. The van der Waals surface area contributed by atoms with E-state index in [-0.39, 0.29) is 10.7 Å². The molecule has 0 aliphatic heterocycles. The third kappa shape index (κ3) is 3.69. The average molecular weight is 347 g/mol. The molecule has 8 heteroatoms. The average Bonchev–Trinajstić information content (AvgIpc) is 2.97. The molecule has 0 bridgehead atoms. The Labute approximate surface area is 141 Å². The molecule has 0 spiro atoms. The van der Waals surface area contributed by atoms with E-state index in [1.54, 1.807) is 31.2 Å². The van der Waals surface area contributed by atoms with Crippen LogP contribution in [0.5, 0.6) is 0 Å². The van der Waals surface area contributed by atoms with Crippen LogP contribution >= 0.6 is 11.6 Å². The van der Waals surface area contributed by atoms with Gasteiger partial charge >= 0.3 is 6.03 Å². The van der Waals surface area contributed by atoms with Gasteiger partial charge in [0.25, 0.3) is 0 Å². The minimum absolute atomic E-state index is 0.0295. The van der Waals surface area contributed by atoms with Gasteiger partial charge in [-0.25, -0.2) is 9.18 Å². The number of benzene rings is 2. The number of nitrogens with one attached hydrogen (secondary N) is 2. The highest BCUT2D eigenvalue weighted by Gasteiger charge is 2.10. The zero-order valence-corrected chi connectivity index (χ0v) is 13.3. The van der Waals surface area contributed by atoms with Crippen molar-refractivity contribution in [3.05, 3.63) is 59.2 Å². The van der Waals surface area contributed by atoms with E-state index in [2.05, 4.69) is 20.8 Å². The van der Waals surface area contributed by atoms with Crippen LogP contribution in [0.1, 0.15) is 5.89 Å². The van der Waals surface area contributed by atoms with Gasteiger partial charge < -0.3 is 15.2 Å². The van der Waals surface area contributed by atoms with E-state index in [0.29, 0.717) is 23.0 Å². The van der Waals surface area contributed by atoms with E-state index < -0.39 is 11.8 Å². The lowest BCUT2D eigenvalue weighted by molar-refractivity contribution is 0.262. The molecular formula is C16H12ClFN4O2. The van der Waals surface area contributed by atoms with Gasteiger partial charge in [-0.3, -0.25) is 0 Å². The molecule has 2 aromatic carbocycles. The molecule has 6 nitrogen and oxygen atoms in total. The third-order valence-corrected chi connectivity index (χ3v) is 3.32. The lowest BCUT2D eigenvalue weighted by atomic mass is 10.2. The zero-order chi connectivity index (χ0) is 17.1. The van der Waals surface area contributed by atoms with Gasteiger partial charge in [-0.15, -0.1) is 0 Å². The molecule has 0 fully saturated rings. The molecule has 1 heterocycles. The van der Waals surface area contributed by atoms with Crippen molar-refractivity contribution in [1.82, 2.24) is 10.1 Å². The van der Waals surface area contributed by atoms with E-state index >= 15 is 0 Å². The standard InChI is InChI=1S/C16H12ClFN4O2/c1-9-19-15(22-24-9)10-3-2-4-12(7-10)20-16(23)21-14-6-5-11(17)8-13(14)18/h2-8H,1H3,(H2,20,21,23). The molecule has 2 amide bonds. The first-order valence-electron chi connectivity index (χ1n) is 6.95. The van der Waals surface area contributed by atoms with Gasteiger partial charge in [-0.2, -0.15) is 4.98 Å². The number of hydrogen-bond donors (Lipinski definition) is 2. The van der Waals surface area contributed by atoms with Crippen molar-refractivity contribution in [3.8, 4) is 11.4 Å². The Balaban J connectivity index is 1.72. The van der Waals surface area contributed by atoms with Crippen molar-refractivity contribution in [3.63, 3.8) is 0 Å². The maximum atomic E-state index is 13.7. The summed E-state index contributed by atoms with van der Waals surface area (Å²) in [5.74, 6) is 0.244. The largest absolute Gasteiger partial charge is 0.339 e. The maximum Gasteiger partial charge on any atom is 0.323 e. The molecule has 1 aromatic heterocycles. The number of urea groups is 1. The van der Waals surface area contributed by atoms with Crippen LogP contribution in [-0.2, 0) is 0 Å². The first-order chi connectivity index (χ1) is 11.5. The zero-order valence-electron chi connectivity index (χ0n) is 12.5. The summed E-state index contributed by atoms with van der Waals surface area (Å²) in [7, 11) is 0. The fourth-order valence-electron chi connectivity index (χ4n) is 2.03. The van der Waals surface area contributed by atoms with Crippen molar-refractivity contribution < 1.29 is 13.7 Å². The van der Waals surface area contributed by atoms with E-state index in [9.17, 15) is 9.18 Å². The highest BCUT2D eigenvalue weighted by Crippen LogP contribution is 2.21. The number of anilines is 2. The van der Waals surface area contributed by atoms with Crippen LogP contribution in [-0.4, -0.2) is 16.2 Å². The number of aryl methyl sites for hydroxylation is 1. The number of carbonyl (C=O) groups is 1. The van der Waals surface area contributed by atoms with Gasteiger partial charge in [0.05, 0.1) is 5.69 Å². The summed E-state index contributed by atoms with van der Waals surface area (Å²) in [5.41, 5.74) is 1.21. The first kappa shape index (κ1) is 15.9. The fraction of sp³-hybridized carbons (Fsp3) is 0.0625. The second-order valence-electron chi connectivity index (χ2n) is 4.92. The van der Waals surface area contributed by atoms with Crippen LogP contribution in [0, 0.1) is 12.7 Å². The lowest BCUT2D eigenvalue weighted by Crippen LogP contribution is -2.20. The van der Waals surface area contributed by atoms with Crippen LogP contribution in [0.2, 0.25) is 5.02 Å². The summed E-state index contributed by atoms with van der Waals surface area (Å²) < 4.78 is 18.6. The molecular weight excluding hydrogens is 335 g/mol. The molecule has 0 aliphatic carbocycles. The van der Waals surface area contributed by atoms with Crippen molar-refractivity contribution >= 4 is 29.0 Å². The molecule has 0 saturated heterocycles. The molecule has 0 aliphatic rings. The lowest BCUT2D eigenvalue weighted by Gasteiger charge is -2.09. The van der Waals surface area contributed by atoms with Gasteiger partial charge in [-0.05, 0) is 30.3 Å². The quantitative estimate of drug-likeness (QED) is 0.732. The summed E-state index contributed by atoms with van der Waals surface area (Å²) in [6.07, 6.45) is 0. The summed E-state index contributed by atoms with van der Waals surface area (Å²) in [6, 6.07) is 10.3. The van der Waals surface area contributed by atoms with Crippen LogP contribution < -0.4 is 10.6 Å². The topological polar surface area (TPSA) is 80.0 Å². The van der Waals surface area contributed by atoms with Crippen molar-refractivity contribution in [2.45, 2.75) is 6.92 Å². The normalized spacial score (nSPS) is 10.5. The predicted octanol–water partition coefficient (Wildman–Crippen LogP) is 4.48. The fourth-order valence-corrected chi connectivity index (χ4v) is 2.19. The van der Waals surface area contributed by atoms with Crippen LogP contribution in [0.15, 0.2) is 47.0 Å². The third-order valence-electron chi connectivity index (χ3n) is 3.09. The van der Waals surface area contributed by atoms with Crippen molar-refractivity contribution in [2.75, 3.05) is 10.6 Å². The summed E-state index contributed by atoms with van der Waals surface area (Å²) in [6.45, 7) is 1.69. The van der Waals surface area contributed by atoms with Gasteiger partial charge in [-0.1, -0.05) is 28.9 Å². The molecule has 122 valence electrons. The van der Waals surface area contributed by atoms with Crippen LogP contribution in [0.3, 0.4) is 0 Å². The minimum atomic E-state index is -0.617. The van der Waals surface area contributed by atoms with Gasteiger partial charge in [0.2, 0.25) is 11.7 Å². The molecule has 0 radical (unpaired) electrons. The van der Waals surface area contributed by atoms with E-state index in [1.165, 1.54) is 12.1 Å². The second-order valence-corrected chi connectivity index (χ2v) is 5.36. The Hall–Kier alpha value is -2.93. The number of rotatable bonds is 3. The second kappa shape index (κ2) is 6.67. The van der Waals surface area contributed by atoms with E-state index in [1.807, 2.05) is 0 Å². The molecule has 2 N–H and O–H groups in total. The molecule has 3 rings (SSSR count).